The summed E-state index contributed by atoms with van der Waals surface area (Å²) in [6.07, 6.45) is -2.30. The van der Waals surface area contributed by atoms with Gasteiger partial charge in [0.2, 0.25) is 5.91 Å². The van der Waals surface area contributed by atoms with E-state index in [4.69, 9.17) is 0 Å². The van der Waals surface area contributed by atoms with E-state index in [1.807, 2.05) is 0 Å². The lowest BCUT2D eigenvalue weighted by molar-refractivity contribution is -0.137. The summed E-state index contributed by atoms with van der Waals surface area (Å²) in [7, 11) is 1.79. The van der Waals surface area contributed by atoms with E-state index in [9.17, 15) is 18.0 Å². The quantitative estimate of drug-likeness (QED) is 0.847. The normalized spacial score (nSPS) is 17.3. The number of piperidine rings is 1. The molecule has 0 bridgehead atoms. The Kier molecular flexibility index (Phi) is 5.68. The van der Waals surface area contributed by atoms with Gasteiger partial charge >= 0.3 is 6.18 Å². The first-order valence-electron chi connectivity index (χ1n) is 7.95. The summed E-state index contributed by atoms with van der Waals surface area (Å²) >= 11 is 0. The van der Waals surface area contributed by atoms with Gasteiger partial charge in [0.05, 0.1) is 12.0 Å². The number of benzene rings is 1. The van der Waals surface area contributed by atoms with Crippen molar-refractivity contribution >= 4 is 5.91 Å². The van der Waals surface area contributed by atoms with Gasteiger partial charge in [-0.1, -0.05) is 19.1 Å². The number of halogens is 3. The van der Waals surface area contributed by atoms with Crippen LogP contribution in [-0.4, -0.2) is 48.4 Å². The minimum atomic E-state index is -4.34. The number of rotatable bonds is 4. The van der Waals surface area contributed by atoms with Gasteiger partial charge in [0, 0.05) is 26.2 Å². The number of alkyl halides is 3. The van der Waals surface area contributed by atoms with Crippen molar-refractivity contribution in [1.29, 1.82) is 0 Å². The van der Waals surface area contributed by atoms with Crippen LogP contribution in [0.1, 0.15) is 30.9 Å². The van der Waals surface area contributed by atoms with Crippen LogP contribution >= 0.6 is 0 Å². The molecule has 23 heavy (non-hydrogen) atoms. The molecule has 0 spiro atoms. The number of hydrogen-bond donors (Lipinski definition) is 0. The molecule has 3 nitrogen and oxygen atoms in total. The molecule has 1 saturated heterocycles. The van der Waals surface area contributed by atoms with E-state index in [-0.39, 0.29) is 18.4 Å². The van der Waals surface area contributed by atoms with Gasteiger partial charge in [-0.25, -0.2) is 0 Å². The van der Waals surface area contributed by atoms with E-state index in [0.29, 0.717) is 5.56 Å². The van der Waals surface area contributed by atoms with Crippen molar-refractivity contribution in [2.24, 2.45) is 0 Å². The lowest BCUT2D eigenvalue weighted by Crippen LogP contribution is -2.45. The fourth-order valence-corrected chi connectivity index (χ4v) is 2.94. The predicted octanol–water partition coefficient (Wildman–Crippen LogP) is 3.19. The largest absolute Gasteiger partial charge is 0.416 e. The third-order valence-electron chi connectivity index (χ3n) is 4.58. The van der Waals surface area contributed by atoms with Gasteiger partial charge in [-0.05, 0) is 37.1 Å². The number of nitrogens with zero attached hydrogens (tertiary/aromatic N) is 2. The van der Waals surface area contributed by atoms with Crippen LogP contribution in [0.2, 0.25) is 0 Å². The van der Waals surface area contributed by atoms with Crippen LogP contribution in [0.15, 0.2) is 24.3 Å². The molecule has 0 unspecified atom stereocenters. The van der Waals surface area contributed by atoms with Crippen LogP contribution in [0.3, 0.4) is 0 Å². The van der Waals surface area contributed by atoms with Crippen molar-refractivity contribution in [2.75, 3.05) is 26.7 Å². The molecule has 0 atom stereocenters. The first-order valence-corrected chi connectivity index (χ1v) is 7.95. The van der Waals surface area contributed by atoms with Crippen LogP contribution in [0.4, 0.5) is 13.2 Å². The van der Waals surface area contributed by atoms with Crippen LogP contribution in [0.5, 0.6) is 0 Å². The predicted molar refractivity (Wildman–Crippen MR) is 83.1 cm³/mol. The van der Waals surface area contributed by atoms with Gasteiger partial charge in [0.25, 0.3) is 0 Å². The Bertz CT molecular complexity index is 520. The average Bonchev–Trinajstić information content (AvgIpc) is 2.54. The highest BCUT2D eigenvalue weighted by Gasteiger charge is 2.30. The zero-order valence-electron chi connectivity index (χ0n) is 13.6. The molecule has 0 saturated carbocycles. The van der Waals surface area contributed by atoms with Gasteiger partial charge in [-0.3, -0.25) is 4.79 Å². The molecule has 1 aliphatic rings. The lowest BCUT2D eigenvalue weighted by atomic mass is 10.0. The molecule has 0 aliphatic carbocycles. The number of likely N-dealkylation sites (N-methyl/N-ethyl adjacent to an activating group) is 1. The van der Waals surface area contributed by atoms with Crippen molar-refractivity contribution in [2.45, 2.75) is 38.4 Å². The summed E-state index contributed by atoms with van der Waals surface area (Å²) < 4.78 is 37.6. The minimum Gasteiger partial charge on any atom is -0.342 e. The molecule has 1 aromatic carbocycles. The van der Waals surface area contributed by atoms with Crippen molar-refractivity contribution in [3.8, 4) is 0 Å². The van der Waals surface area contributed by atoms with Crippen molar-refractivity contribution in [3.63, 3.8) is 0 Å². The third-order valence-corrected chi connectivity index (χ3v) is 4.58. The third kappa shape index (κ3) is 4.70. The van der Waals surface area contributed by atoms with Crippen molar-refractivity contribution < 1.29 is 18.0 Å². The Morgan fingerprint density at radius 1 is 1.22 bits per heavy atom. The molecule has 128 valence electrons. The summed E-state index contributed by atoms with van der Waals surface area (Å²) in [5, 5.41) is 0. The van der Waals surface area contributed by atoms with Gasteiger partial charge in [0.1, 0.15) is 0 Å². The fraction of sp³-hybridized carbons (Fsp3) is 0.588. The maximum absolute atomic E-state index is 12.5. The van der Waals surface area contributed by atoms with Gasteiger partial charge in [-0.15, -0.1) is 0 Å². The zero-order valence-corrected chi connectivity index (χ0v) is 13.6. The average molecular weight is 328 g/mol. The first-order chi connectivity index (χ1) is 10.8. The summed E-state index contributed by atoms with van der Waals surface area (Å²) in [5.74, 6) is -0.0419. The smallest absolute Gasteiger partial charge is 0.342 e. The summed E-state index contributed by atoms with van der Waals surface area (Å²) in [6.45, 7) is 5.12. The second-order valence-corrected chi connectivity index (χ2v) is 6.04. The molecule has 1 aromatic rings. The first kappa shape index (κ1) is 17.8. The van der Waals surface area contributed by atoms with Crippen LogP contribution < -0.4 is 0 Å². The molecule has 6 heteroatoms. The maximum Gasteiger partial charge on any atom is 0.416 e. The molecular weight excluding hydrogens is 305 g/mol. The van der Waals surface area contributed by atoms with Gasteiger partial charge in [-0.2, -0.15) is 13.2 Å². The fourth-order valence-electron chi connectivity index (χ4n) is 2.94. The number of carbonyl (C=O) groups is 1. The molecule has 1 heterocycles. The van der Waals surface area contributed by atoms with E-state index in [2.05, 4.69) is 11.8 Å². The van der Waals surface area contributed by atoms with E-state index < -0.39 is 11.7 Å². The molecule has 2 rings (SSSR count). The molecular formula is C17H23F3N2O. The number of carbonyl (C=O) groups excluding carboxylic acids is 1. The van der Waals surface area contributed by atoms with Gasteiger partial charge in [0.15, 0.2) is 0 Å². The van der Waals surface area contributed by atoms with E-state index in [1.54, 1.807) is 11.9 Å². The lowest BCUT2D eigenvalue weighted by Gasteiger charge is -2.36. The minimum absolute atomic E-state index is 0.0419. The highest BCUT2D eigenvalue weighted by atomic mass is 19.4. The SMILES string of the molecule is CCN1CCC(N(C)C(=O)Cc2ccc(C(F)(F)F)cc2)CC1. The highest BCUT2D eigenvalue weighted by Crippen LogP contribution is 2.29. The van der Waals surface area contributed by atoms with Crippen LogP contribution in [0, 0.1) is 0 Å². The Balaban J connectivity index is 1.91. The molecule has 1 fully saturated rings. The van der Waals surface area contributed by atoms with E-state index in [0.717, 1.165) is 44.6 Å². The van der Waals surface area contributed by atoms with Crippen LogP contribution in [0.25, 0.3) is 0 Å². The van der Waals surface area contributed by atoms with E-state index in [1.165, 1.54) is 12.1 Å². The maximum atomic E-state index is 12.5. The number of amides is 1. The highest BCUT2D eigenvalue weighted by molar-refractivity contribution is 5.78. The number of hydrogen-bond acceptors (Lipinski definition) is 2. The summed E-state index contributed by atoms with van der Waals surface area (Å²) in [5.41, 5.74) is -0.0742. The van der Waals surface area contributed by atoms with Crippen LogP contribution in [-0.2, 0) is 17.4 Å². The van der Waals surface area contributed by atoms with Gasteiger partial charge < -0.3 is 9.80 Å². The molecule has 1 amide bonds. The summed E-state index contributed by atoms with van der Waals surface area (Å²) in [4.78, 5) is 16.4. The number of likely N-dealkylation sites (tertiary alicyclic amines) is 1. The molecule has 0 N–H and O–H groups in total. The zero-order chi connectivity index (χ0) is 17.0. The summed E-state index contributed by atoms with van der Waals surface area (Å²) in [6, 6.07) is 5.05. The second-order valence-electron chi connectivity index (χ2n) is 6.04. The standard InChI is InChI=1S/C17H23F3N2O/c1-3-22-10-8-15(9-11-22)21(2)16(23)12-13-4-6-14(7-5-13)17(18,19)20/h4-7,15H,3,8-12H2,1-2H3. The second kappa shape index (κ2) is 7.34. The Labute approximate surface area is 135 Å². The van der Waals surface area contributed by atoms with Crippen molar-refractivity contribution in [3.05, 3.63) is 35.4 Å². The Hall–Kier alpha value is -1.56. The molecule has 0 aromatic heterocycles. The Morgan fingerprint density at radius 2 is 1.78 bits per heavy atom. The molecule has 1 aliphatic heterocycles. The van der Waals surface area contributed by atoms with E-state index >= 15 is 0 Å². The topological polar surface area (TPSA) is 23.6 Å². The van der Waals surface area contributed by atoms with Crippen molar-refractivity contribution in [1.82, 2.24) is 9.80 Å². The molecule has 0 radical (unpaired) electrons. The Morgan fingerprint density at radius 3 is 2.26 bits per heavy atom. The monoisotopic (exact) mass is 328 g/mol.